The molecule has 3 atom stereocenters. The van der Waals surface area contributed by atoms with E-state index in [9.17, 15) is 9.50 Å². The first-order valence-electron chi connectivity index (χ1n) is 6.47. The van der Waals surface area contributed by atoms with E-state index in [-0.39, 0.29) is 24.5 Å². The SMILES string of the molecule is CC1CCN(c2ccc([C@H](C)N)cc2F)C1CO. The number of nitrogens with two attached hydrogens (primary N) is 1. The average molecular weight is 252 g/mol. The molecule has 0 spiro atoms. The molecule has 1 fully saturated rings. The van der Waals surface area contributed by atoms with Gasteiger partial charge in [-0.25, -0.2) is 4.39 Å². The Morgan fingerprint density at radius 2 is 2.28 bits per heavy atom. The van der Waals surface area contributed by atoms with E-state index < -0.39 is 0 Å². The molecule has 1 aliphatic rings. The lowest BCUT2D eigenvalue weighted by atomic mass is 10.0. The van der Waals surface area contributed by atoms with E-state index in [1.807, 2.05) is 17.9 Å². The number of hydrogen-bond donors (Lipinski definition) is 2. The topological polar surface area (TPSA) is 49.5 Å². The van der Waals surface area contributed by atoms with Crippen LogP contribution in [0.1, 0.15) is 31.9 Å². The predicted molar refractivity (Wildman–Crippen MR) is 71.0 cm³/mol. The van der Waals surface area contributed by atoms with Crippen LogP contribution in [-0.4, -0.2) is 24.3 Å². The summed E-state index contributed by atoms with van der Waals surface area (Å²) in [7, 11) is 0. The third-order valence-electron chi connectivity index (χ3n) is 3.88. The summed E-state index contributed by atoms with van der Waals surface area (Å²) >= 11 is 0. The lowest BCUT2D eigenvalue weighted by Gasteiger charge is -2.28. The van der Waals surface area contributed by atoms with Crippen LogP contribution in [-0.2, 0) is 0 Å². The van der Waals surface area contributed by atoms with Crippen LogP contribution >= 0.6 is 0 Å². The summed E-state index contributed by atoms with van der Waals surface area (Å²) < 4.78 is 14.1. The molecule has 1 aliphatic heterocycles. The summed E-state index contributed by atoms with van der Waals surface area (Å²) in [6.45, 7) is 4.79. The summed E-state index contributed by atoms with van der Waals surface area (Å²) in [5, 5.41) is 9.42. The van der Waals surface area contributed by atoms with Crippen molar-refractivity contribution >= 4 is 5.69 Å². The third-order valence-corrected chi connectivity index (χ3v) is 3.88. The smallest absolute Gasteiger partial charge is 0.146 e. The van der Waals surface area contributed by atoms with E-state index in [1.54, 1.807) is 6.07 Å². The maximum Gasteiger partial charge on any atom is 0.146 e. The van der Waals surface area contributed by atoms with Crippen LogP contribution in [0, 0.1) is 11.7 Å². The van der Waals surface area contributed by atoms with Gasteiger partial charge in [-0.05, 0) is 37.0 Å². The highest BCUT2D eigenvalue weighted by Gasteiger charge is 2.32. The molecule has 0 radical (unpaired) electrons. The van der Waals surface area contributed by atoms with Crippen molar-refractivity contribution in [2.45, 2.75) is 32.4 Å². The van der Waals surface area contributed by atoms with E-state index in [4.69, 9.17) is 5.73 Å². The Balaban J connectivity index is 2.28. The Morgan fingerprint density at radius 3 is 2.83 bits per heavy atom. The van der Waals surface area contributed by atoms with Gasteiger partial charge in [0.25, 0.3) is 0 Å². The maximum atomic E-state index is 14.1. The first-order valence-corrected chi connectivity index (χ1v) is 6.47. The molecular weight excluding hydrogens is 231 g/mol. The highest BCUT2D eigenvalue weighted by atomic mass is 19.1. The maximum absolute atomic E-state index is 14.1. The molecule has 2 rings (SSSR count). The van der Waals surface area contributed by atoms with Crippen LogP contribution < -0.4 is 10.6 Å². The molecule has 3 N–H and O–H groups in total. The summed E-state index contributed by atoms with van der Waals surface area (Å²) in [5.41, 5.74) is 7.11. The fourth-order valence-corrected chi connectivity index (χ4v) is 2.63. The number of halogens is 1. The van der Waals surface area contributed by atoms with Gasteiger partial charge in [0.1, 0.15) is 5.82 Å². The first kappa shape index (κ1) is 13.3. The Labute approximate surface area is 107 Å². The van der Waals surface area contributed by atoms with Gasteiger partial charge in [-0.15, -0.1) is 0 Å². The zero-order valence-corrected chi connectivity index (χ0v) is 10.9. The summed E-state index contributed by atoms with van der Waals surface area (Å²) in [6.07, 6.45) is 0.986. The fraction of sp³-hybridized carbons (Fsp3) is 0.571. The molecule has 0 aromatic heterocycles. The zero-order valence-electron chi connectivity index (χ0n) is 10.9. The number of aliphatic hydroxyl groups is 1. The molecule has 0 amide bonds. The summed E-state index contributed by atoms with van der Waals surface area (Å²) in [5.74, 6) is 0.139. The van der Waals surface area contributed by atoms with Crippen LogP contribution in [0.3, 0.4) is 0 Å². The second-order valence-electron chi connectivity index (χ2n) is 5.21. The number of hydrogen-bond acceptors (Lipinski definition) is 3. The van der Waals surface area contributed by atoms with E-state index in [1.165, 1.54) is 6.07 Å². The number of benzene rings is 1. The zero-order chi connectivity index (χ0) is 13.3. The van der Waals surface area contributed by atoms with Gasteiger partial charge in [-0.3, -0.25) is 0 Å². The first-order chi connectivity index (χ1) is 8.54. The minimum Gasteiger partial charge on any atom is -0.394 e. The molecule has 100 valence electrons. The minimum atomic E-state index is -0.252. The molecule has 4 heteroatoms. The van der Waals surface area contributed by atoms with E-state index in [0.717, 1.165) is 18.5 Å². The molecule has 3 nitrogen and oxygen atoms in total. The van der Waals surface area contributed by atoms with Gasteiger partial charge in [0.15, 0.2) is 0 Å². The van der Waals surface area contributed by atoms with Crippen LogP contribution in [0.15, 0.2) is 18.2 Å². The van der Waals surface area contributed by atoms with Crippen LogP contribution in [0.2, 0.25) is 0 Å². The molecule has 1 saturated heterocycles. The van der Waals surface area contributed by atoms with E-state index in [2.05, 4.69) is 6.92 Å². The van der Waals surface area contributed by atoms with Crippen molar-refractivity contribution in [3.63, 3.8) is 0 Å². The van der Waals surface area contributed by atoms with Crippen molar-refractivity contribution in [2.75, 3.05) is 18.1 Å². The molecule has 0 aliphatic carbocycles. The number of rotatable bonds is 3. The Kier molecular flexibility index (Phi) is 3.88. The van der Waals surface area contributed by atoms with Crippen molar-refractivity contribution in [3.05, 3.63) is 29.6 Å². The Hall–Kier alpha value is -1.13. The fourth-order valence-electron chi connectivity index (χ4n) is 2.63. The second kappa shape index (κ2) is 5.24. The van der Waals surface area contributed by atoms with Crippen molar-refractivity contribution in [1.29, 1.82) is 0 Å². The molecule has 1 aromatic carbocycles. The molecule has 2 unspecified atom stereocenters. The molecule has 1 heterocycles. The number of nitrogens with zero attached hydrogens (tertiary/aromatic N) is 1. The summed E-state index contributed by atoms with van der Waals surface area (Å²) in [6, 6.07) is 4.98. The monoisotopic (exact) mass is 252 g/mol. The average Bonchev–Trinajstić information content (AvgIpc) is 2.70. The second-order valence-corrected chi connectivity index (χ2v) is 5.21. The van der Waals surface area contributed by atoms with E-state index in [0.29, 0.717) is 11.6 Å². The largest absolute Gasteiger partial charge is 0.394 e. The van der Waals surface area contributed by atoms with Crippen LogP contribution in [0.5, 0.6) is 0 Å². The lowest BCUT2D eigenvalue weighted by molar-refractivity contribution is 0.244. The van der Waals surface area contributed by atoms with Gasteiger partial charge < -0.3 is 15.7 Å². The normalized spacial score (nSPS) is 25.5. The minimum absolute atomic E-state index is 0.0145. The van der Waals surface area contributed by atoms with E-state index >= 15 is 0 Å². The molecule has 18 heavy (non-hydrogen) atoms. The molecule has 0 bridgehead atoms. The Morgan fingerprint density at radius 1 is 1.56 bits per heavy atom. The molecule has 1 aromatic rings. The summed E-state index contributed by atoms with van der Waals surface area (Å²) in [4.78, 5) is 1.96. The van der Waals surface area contributed by atoms with Crippen LogP contribution in [0.4, 0.5) is 10.1 Å². The van der Waals surface area contributed by atoms with Gasteiger partial charge in [0.05, 0.1) is 18.3 Å². The van der Waals surface area contributed by atoms with Crippen molar-refractivity contribution in [2.24, 2.45) is 11.7 Å². The van der Waals surface area contributed by atoms with Gasteiger partial charge in [0.2, 0.25) is 0 Å². The van der Waals surface area contributed by atoms with Crippen molar-refractivity contribution < 1.29 is 9.50 Å². The van der Waals surface area contributed by atoms with Gasteiger partial charge in [0, 0.05) is 12.6 Å². The van der Waals surface area contributed by atoms with Crippen LogP contribution in [0.25, 0.3) is 0 Å². The highest BCUT2D eigenvalue weighted by Crippen LogP contribution is 2.32. The van der Waals surface area contributed by atoms with Crippen molar-refractivity contribution in [3.8, 4) is 0 Å². The third kappa shape index (κ3) is 2.35. The van der Waals surface area contributed by atoms with Gasteiger partial charge in [-0.1, -0.05) is 13.0 Å². The van der Waals surface area contributed by atoms with Crippen molar-refractivity contribution in [1.82, 2.24) is 0 Å². The predicted octanol–water partition coefficient (Wildman–Crippen LogP) is 2.05. The Bertz CT molecular complexity index is 422. The van der Waals surface area contributed by atoms with Gasteiger partial charge >= 0.3 is 0 Å². The quantitative estimate of drug-likeness (QED) is 0.865. The standard InChI is InChI=1S/C14H21FN2O/c1-9-5-6-17(14(9)8-18)13-4-3-11(10(2)16)7-12(13)15/h3-4,7,9-10,14,18H,5-6,8,16H2,1-2H3/t9?,10-,14?/m0/s1. The highest BCUT2D eigenvalue weighted by molar-refractivity contribution is 5.51. The number of anilines is 1. The van der Waals surface area contributed by atoms with Gasteiger partial charge in [-0.2, -0.15) is 0 Å². The molecule has 0 saturated carbocycles. The number of aliphatic hydroxyl groups excluding tert-OH is 1. The lowest BCUT2D eigenvalue weighted by Crippen LogP contribution is -2.35. The molecular formula is C14H21FN2O.